The van der Waals surface area contributed by atoms with Gasteiger partial charge in [0.15, 0.2) is 0 Å². The molecule has 368 valence electrons. The Balaban J connectivity index is 0.000000440. The van der Waals surface area contributed by atoms with E-state index < -0.39 is 20.2 Å². The van der Waals surface area contributed by atoms with Crippen LogP contribution in [0.25, 0.3) is 21.5 Å². The molecule has 4 rings (SSSR count). The Hall–Kier alpha value is -2.29. The van der Waals surface area contributed by atoms with Crippen LogP contribution in [0, 0.1) is 0 Å². The van der Waals surface area contributed by atoms with Gasteiger partial charge in [-0.2, -0.15) is 0 Å². The SMILES string of the molecule is CCCCCCCCCc1cc2ccccc2c(S(=O)(=O)[O-])c1CCCCCCCCC.CCCCCCCCCc1cc2ccccc2c(S(=O)(=O)[O-])c1CCCCCCCCC.[Ni+2]. The molecule has 0 aliphatic carbocycles. The molecule has 9 heteroatoms. The zero-order valence-corrected chi connectivity index (χ0v) is 43.6. The fourth-order valence-electron chi connectivity index (χ4n) is 9.45. The van der Waals surface area contributed by atoms with Crippen LogP contribution in [0.3, 0.4) is 0 Å². The number of hydrogen-bond donors (Lipinski definition) is 0. The summed E-state index contributed by atoms with van der Waals surface area (Å²) in [5.41, 5.74) is 3.71. The van der Waals surface area contributed by atoms with Crippen molar-refractivity contribution >= 4 is 41.8 Å². The first-order chi connectivity index (χ1) is 31.0. The summed E-state index contributed by atoms with van der Waals surface area (Å²) in [5.74, 6) is 0. The maximum absolute atomic E-state index is 12.3. The maximum Gasteiger partial charge on any atom is 2.00 e. The molecule has 0 heterocycles. The molecule has 0 bridgehead atoms. The second-order valence-corrected chi connectivity index (χ2v) is 21.2. The van der Waals surface area contributed by atoms with Crippen molar-refractivity contribution in [2.75, 3.05) is 0 Å². The quantitative estimate of drug-likeness (QED) is 0.0262. The molecule has 0 unspecified atom stereocenters. The fourth-order valence-corrected chi connectivity index (χ4v) is 11.4. The number of aryl methyl sites for hydroxylation is 2. The van der Waals surface area contributed by atoms with E-state index in [-0.39, 0.29) is 26.3 Å². The van der Waals surface area contributed by atoms with Gasteiger partial charge in [0.1, 0.15) is 20.2 Å². The molecule has 0 aliphatic rings. The molecule has 0 amide bonds. The van der Waals surface area contributed by atoms with Crippen LogP contribution in [0.15, 0.2) is 70.5 Å². The zero-order valence-electron chi connectivity index (χ0n) is 41.0. The van der Waals surface area contributed by atoms with Crippen LogP contribution in [0.2, 0.25) is 0 Å². The normalized spacial score (nSPS) is 11.8. The van der Waals surface area contributed by atoms with Gasteiger partial charge < -0.3 is 9.11 Å². The third-order valence-electron chi connectivity index (χ3n) is 13.1. The summed E-state index contributed by atoms with van der Waals surface area (Å²) >= 11 is 0. The second-order valence-electron chi connectivity index (χ2n) is 18.5. The summed E-state index contributed by atoms with van der Waals surface area (Å²) in [5, 5.41) is 2.90. The van der Waals surface area contributed by atoms with Crippen molar-refractivity contribution in [3.63, 3.8) is 0 Å². The first kappa shape index (κ1) is 58.8. The van der Waals surface area contributed by atoms with E-state index in [0.717, 1.165) is 97.2 Å². The van der Waals surface area contributed by atoms with E-state index in [2.05, 4.69) is 39.8 Å². The van der Waals surface area contributed by atoms with Gasteiger partial charge in [-0.25, -0.2) is 16.8 Å². The average Bonchev–Trinajstić information content (AvgIpc) is 3.27. The molecular formula is C56H86NiO6S2. The maximum atomic E-state index is 12.3. The smallest absolute Gasteiger partial charge is 0.744 e. The Labute approximate surface area is 407 Å². The summed E-state index contributed by atoms with van der Waals surface area (Å²) in [4.78, 5) is 0.0825. The molecule has 4 aromatic rings. The van der Waals surface area contributed by atoms with Crippen molar-refractivity contribution in [2.24, 2.45) is 0 Å². The summed E-state index contributed by atoms with van der Waals surface area (Å²) < 4.78 is 74.1. The van der Waals surface area contributed by atoms with Gasteiger partial charge in [-0.3, -0.25) is 0 Å². The molecule has 0 aromatic heterocycles. The topological polar surface area (TPSA) is 114 Å². The van der Waals surface area contributed by atoms with E-state index in [1.165, 1.54) is 128 Å². The molecule has 0 atom stereocenters. The van der Waals surface area contributed by atoms with E-state index in [9.17, 15) is 25.9 Å². The first-order valence-corrected chi connectivity index (χ1v) is 28.8. The minimum Gasteiger partial charge on any atom is -0.744 e. The third-order valence-corrected chi connectivity index (χ3v) is 15.0. The molecule has 6 nitrogen and oxygen atoms in total. The summed E-state index contributed by atoms with van der Waals surface area (Å²) in [6.07, 6.45) is 36.7. The average molecular weight is 978 g/mol. The van der Waals surface area contributed by atoms with Crippen LogP contribution in [0.4, 0.5) is 0 Å². The molecule has 0 saturated heterocycles. The molecule has 65 heavy (non-hydrogen) atoms. The van der Waals surface area contributed by atoms with Gasteiger partial charge in [-0.15, -0.1) is 0 Å². The molecule has 0 radical (unpaired) electrons. The minimum atomic E-state index is -4.53. The van der Waals surface area contributed by atoms with Crippen molar-refractivity contribution in [1.29, 1.82) is 0 Å². The zero-order chi connectivity index (χ0) is 46.5. The first-order valence-electron chi connectivity index (χ1n) is 26.0. The van der Waals surface area contributed by atoms with Crippen molar-refractivity contribution < 1.29 is 42.4 Å². The van der Waals surface area contributed by atoms with Gasteiger partial charge in [0, 0.05) is 0 Å². The second kappa shape index (κ2) is 34.1. The van der Waals surface area contributed by atoms with Crippen LogP contribution in [-0.4, -0.2) is 25.9 Å². The molecule has 0 spiro atoms. The Kier molecular flexibility index (Phi) is 30.8. The molecule has 0 saturated carbocycles. The molecular weight excluding hydrogens is 891 g/mol. The number of unbranched alkanes of at least 4 members (excludes halogenated alkanes) is 24. The van der Waals surface area contributed by atoms with Gasteiger partial charge >= 0.3 is 16.5 Å². The summed E-state index contributed by atoms with van der Waals surface area (Å²) in [6, 6.07) is 19.2. The Morgan fingerprint density at radius 1 is 0.354 bits per heavy atom. The van der Waals surface area contributed by atoms with Gasteiger partial charge in [0.2, 0.25) is 0 Å². The Morgan fingerprint density at radius 3 is 0.877 bits per heavy atom. The van der Waals surface area contributed by atoms with E-state index in [4.69, 9.17) is 0 Å². The standard InChI is InChI=1S/2C28H44O3S.Ni/c2*1-3-5-7-9-11-13-15-19-24-23-25-20-17-18-22-27(25)28(32(29,30)31)26(24)21-16-14-12-10-8-6-4-2;/h2*17-18,20,22-23H,3-16,19,21H2,1-2H3,(H,29,30,31);/q;;+2/p-2. The van der Waals surface area contributed by atoms with Crippen LogP contribution in [-0.2, 0) is 62.4 Å². The van der Waals surface area contributed by atoms with Crippen LogP contribution in [0.1, 0.15) is 230 Å². The summed E-state index contributed by atoms with van der Waals surface area (Å²) in [7, 11) is -9.07. The summed E-state index contributed by atoms with van der Waals surface area (Å²) in [6.45, 7) is 8.90. The molecule has 0 aliphatic heterocycles. The number of hydrogen-bond acceptors (Lipinski definition) is 6. The van der Waals surface area contributed by atoms with Crippen LogP contribution >= 0.6 is 0 Å². The Bertz CT molecular complexity index is 1960. The van der Waals surface area contributed by atoms with Crippen molar-refractivity contribution in [3.05, 3.63) is 82.9 Å². The van der Waals surface area contributed by atoms with E-state index in [1.807, 2.05) is 36.4 Å². The van der Waals surface area contributed by atoms with Crippen molar-refractivity contribution in [2.45, 2.75) is 243 Å². The predicted molar refractivity (Wildman–Crippen MR) is 271 cm³/mol. The minimum absolute atomic E-state index is 0. The van der Waals surface area contributed by atoms with Crippen molar-refractivity contribution in [1.82, 2.24) is 0 Å². The van der Waals surface area contributed by atoms with Gasteiger partial charge in [-0.1, -0.05) is 242 Å². The third kappa shape index (κ3) is 22.1. The monoisotopic (exact) mass is 977 g/mol. The predicted octanol–water partition coefficient (Wildman–Crippen LogP) is 16.7. The van der Waals surface area contributed by atoms with Gasteiger partial charge in [0.25, 0.3) is 0 Å². The molecule has 4 aromatic carbocycles. The van der Waals surface area contributed by atoms with Gasteiger partial charge in [-0.05, 0) is 95.2 Å². The number of fused-ring (bicyclic) bond motifs is 2. The van der Waals surface area contributed by atoms with Gasteiger partial charge in [0.05, 0.1) is 9.79 Å². The van der Waals surface area contributed by atoms with E-state index in [0.29, 0.717) is 23.6 Å². The fraction of sp³-hybridized carbons (Fsp3) is 0.643. The largest absolute Gasteiger partial charge is 2.00 e. The molecule has 0 N–H and O–H groups in total. The molecule has 0 fully saturated rings. The van der Waals surface area contributed by atoms with Crippen molar-refractivity contribution in [3.8, 4) is 0 Å². The van der Waals surface area contributed by atoms with Crippen LogP contribution in [0.5, 0.6) is 0 Å². The van der Waals surface area contributed by atoms with E-state index >= 15 is 0 Å². The number of benzene rings is 4. The Morgan fingerprint density at radius 2 is 0.600 bits per heavy atom. The number of rotatable bonds is 34. The van der Waals surface area contributed by atoms with Crippen LogP contribution < -0.4 is 0 Å². The van der Waals surface area contributed by atoms with E-state index in [1.54, 1.807) is 12.1 Å².